The number of aromatic nitrogens is 2. The average molecular weight is 253 g/mol. The molecular formula is C13H23N3S. The standard InChI is InChI=1S/C13H23N3S/c1-4-12-14-13(17-15-12)16-9-5-6-11(16)8-7-10(2)3/h10-11H,4-9H2,1-3H3. The average Bonchev–Trinajstić information content (AvgIpc) is 2.94. The molecular weight excluding hydrogens is 230 g/mol. The van der Waals surface area contributed by atoms with Crippen LogP contribution in [0.3, 0.4) is 0 Å². The van der Waals surface area contributed by atoms with E-state index in [-0.39, 0.29) is 0 Å². The lowest BCUT2D eigenvalue weighted by Crippen LogP contribution is -2.29. The third-order valence-electron chi connectivity index (χ3n) is 3.47. The highest BCUT2D eigenvalue weighted by Gasteiger charge is 2.26. The summed E-state index contributed by atoms with van der Waals surface area (Å²) in [7, 11) is 0. The van der Waals surface area contributed by atoms with Crippen molar-refractivity contribution in [2.24, 2.45) is 5.92 Å². The lowest BCUT2D eigenvalue weighted by Gasteiger charge is -2.24. The van der Waals surface area contributed by atoms with Crippen molar-refractivity contribution in [2.75, 3.05) is 11.4 Å². The fraction of sp³-hybridized carbons (Fsp3) is 0.846. The van der Waals surface area contributed by atoms with E-state index >= 15 is 0 Å². The zero-order valence-corrected chi connectivity index (χ0v) is 12.0. The summed E-state index contributed by atoms with van der Waals surface area (Å²) in [5.41, 5.74) is 0. The van der Waals surface area contributed by atoms with E-state index in [1.165, 1.54) is 32.2 Å². The minimum absolute atomic E-state index is 0.704. The smallest absolute Gasteiger partial charge is 0.205 e. The molecule has 0 N–H and O–H groups in total. The molecule has 0 amide bonds. The number of rotatable bonds is 5. The van der Waals surface area contributed by atoms with Gasteiger partial charge in [0.15, 0.2) is 0 Å². The van der Waals surface area contributed by atoms with Crippen molar-refractivity contribution in [2.45, 2.75) is 58.9 Å². The Balaban J connectivity index is 1.98. The molecule has 0 spiro atoms. The zero-order valence-electron chi connectivity index (χ0n) is 11.1. The van der Waals surface area contributed by atoms with Crippen molar-refractivity contribution >= 4 is 16.7 Å². The zero-order chi connectivity index (χ0) is 12.3. The van der Waals surface area contributed by atoms with Crippen LogP contribution in [-0.4, -0.2) is 21.9 Å². The highest BCUT2D eigenvalue weighted by Crippen LogP contribution is 2.30. The Hall–Kier alpha value is -0.640. The van der Waals surface area contributed by atoms with Crippen LogP contribution in [0, 0.1) is 5.92 Å². The SMILES string of the molecule is CCc1nsc(N2CCCC2CCC(C)C)n1. The Morgan fingerprint density at radius 2 is 2.29 bits per heavy atom. The van der Waals surface area contributed by atoms with Gasteiger partial charge < -0.3 is 4.90 Å². The molecule has 1 unspecified atom stereocenters. The summed E-state index contributed by atoms with van der Waals surface area (Å²) >= 11 is 1.57. The molecule has 1 aromatic heterocycles. The van der Waals surface area contributed by atoms with E-state index in [1.807, 2.05) is 0 Å². The summed E-state index contributed by atoms with van der Waals surface area (Å²) in [6.45, 7) is 7.89. The fourth-order valence-electron chi connectivity index (χ4n) is 2.42. The second-order valence-corrected chi connectivity index (χ2v) is 6.04. The molecule has 17 heavy (non-hydrogen) atoms. The van der Waals surface area contributed by atoms with Crippen LogP contribution >= 0.6 is 11.5 Å². The van der Waals surface area contributed by atoms with E-state index in [4.69, 9.17) is 0 Å². The van der Waals surface area contributed by atoms with Crippen LogP contribution in [0.5, 0.6) is 0 Å². The summed E-state index contributed by atoms with van der Waals surface area (Å²) in [5.74, 6) is 1.80. The lowest BCUT2D eigenvalue weighted by atomic mass is 10.0. The third kappa shape index (κ3) is 3.18. The molecule has 1 atom stereocenters. The maximum absolute atomic E-state index is 4.62. The first-order valence-electron chi connectivity index (χ1n) is 6.80. The third-order valence-corrected chi connectivity index (χ3v) is 4.26. The number of nitrogens with zero attached hydrogens (tertiary/aromatic N) is 3. The van der Waals surface area contributed by atoms with Gasteiger partial charge in [0.05, 0.1) is 0 Å². The molecule has 0 radical (unpaired) electrons. The van der Waals surface area contributed by atoms with E-state index in [0.717, 1.165) is 23.3 Å². The van der Waals surface area contributed by atoms with E-state index < -0.39 is 0 Å². The molecule has 2 rings (SSSR count). The monoisotopic (exact) mass is 253 g/mol. The van der Waals surface area contributed by atoms with Gasteiger partial charge in [0.1, 0.15) is 5.82 Å². The maximum Gasteiger partial charge on any atom is 0.205 e. The van der Waals surface area contributed by atoms with Gasteiger partial charge in [0.2, 0.25) is 5.13 Å². The van der Waals surface area contributed by atoms with Crippen molar-refractivity contribution in [1.82, 2.24) is 9.36 Å². The Morgan fingerprint density at radius 1 is 1.47 bits per heavy atom. The van der Waals surface area contributed by atoms with E-state index in [0.29, 0.717) is 6.04 Å². The van der Waals surface area contributed by atoms with Gasteiger partial charge in [-0.05, 0) is 31.6 Å². The Kier molecular flexibility index (Phi) is 4.37. The van der Waals surface area contributed by atoms with Crippen LogP contribution in [0.2, 0.25) is 0 Å². The second kappa shape index (κ2) is 5.80. The van der Waals surface area contributed by atoms with Crippen molar-refractivity contribution in [1.29, 1.82) is 0 Å². The predicted octanol–water partition coefficient (Wildman–Crippen LogP) is 3.51. The molecule has 1 aromatic rings. The Labute approximate surface area is 108 Å². The summed E-state index contributed by atoms with van der Waals surface area (Å²) in [6, 6.07) is 0.704. The van der Waals surface area contributed by atoms with Gasteiger partial charge in [0, 0.05) is 30.5 Å². The normalized spacial score (nSPS) is 20.5. The molecule has 1 aliphatic heterocycles. The number of hydrogen-bond donors (Lipinski definition) is 0. The predicted molar refractivity (Wildman–Crippen MR) is 73.7 cm³/mol. The van der Waals surface area contributed by atoms with Gasteiger partial charge in [-0.3, -0.25) is 0 Å². The highest BCUT2D eigenvalue weighted by molar-refractivity contribution is 7.09. The van der Waals surface area contributed by atoms with Crippen molar-refractivity contribution in [3.05, 3.63) is 5.82 Å². The van der Waals surface area contributed by atoms with Gasteiger partial charge in [-0.25, -0.2) is 4.98 Å². The molecule has 4 heteroatoms. The molecule has 0 bridgehead atoms. The number of anilines is 1. The van der Waals surface area contributed by atoms with Crippen LogP contribution in [0.15, 0.2) is 0 Å². The van der Waals surface area contributed by atoms with Gasteiger partial charge >= 0.3 is 0 Å². The molecule has 96 valence electrons. The molecule has 2 heterocycles. The largest absolute Gasteiger partial charge is 0.344 e. The Bertz CT molecular complexity index is 348. The summed E-state index contributed by atoms with van der Waals surface area (Å²) in [4.78, 5) is 7.11. The summed E-state index contributed by atoms with van der Waals surface area (Å²) < 4.78 is 4.40. The number of hydrogen-bond acceptors (Lipinski definition) is 4. The molecule has 1 saturated heterocycles. The van der Waals surface area contributed by atoms with Crippen LogP contribution in [0.25, 0.3) is 0 Å². The first-order chi connectivity index (χ1) is 8.20. The minimum atomic E-state index is 0.704. The summed E-state index contributed by atoms with van der Waals surface area (Å²) in [5, 5.41) is 1.15. The van der Waals surface area contributed by atoms with Crippen molar-refractivity contribution in [3.63, 3.8) is 0 Å². The van der Waals surface area contributed by atoms with E-state index in [2.05, 4.69) is 35.0 Å². The molecule has 1 fully saturated rings. The molecule has 0 aromatic carbocycles. The van der Waals surface area contributed by atoms with Gasteiger partial charge in [-0.2, -0.15) is 4.37 Å². The minimum Gasteiger partial charge on any atom is -0.344 e. The molecule has 1 aliphatic rings. The van der Waals surface area contributed by atoms with Crippen LogP contribution < -0.4 is 4.90 Å². The van der Waals surface area contributed by atoms with E-state index in [9.17, 15) is 0 Å². The fourth-order valence-corrected chi connectivity index (χ4v) is 3.27. The second-order valence-electron chi connectivity index (χ2n) is 5.31. The van der Waals surface area contributed by atoms with Gasteiger partial charge in [-0.1, -0.05) is 20.8 Å². The van der Waals surface area contributed by atoms with Crippen LogP contribution in [0.4, 0.5) is 5.13 Å². The topological polar surface area (TPSA) is 29.0 Å². The maximum atomic E-state index is 4.62. The lowest BCUT2D eigenvalue weighted by molar-refractivity contribution is 0.495. The van der Waals surface area contributed by atoms with Crippen LogP contribution in [-0.2, 0) is 6.42 Å². The van der Waals surface area contributed by atoms with E-state index in [1.54, 1.807) is 11.5 Å². The van der Waals surface area contributed by atoms with Gasteiger partial charge in [-0.15, -0.1) is 0 Å². The van der Waals surface area contributed by atoms with Crippen LogP contribution in [0.1, 0.15) is 52.3 Å². The first kappa shape index (κ1) is 12.8. The number of aryl methyl sites for hydroxylation is 1. The van der Waals surface area contributed by atoms with Crippen molar-refractivity contribution < 1.29 is 0 Å². The molecule has 0 saturated carbocycles. The quantitative estimate of drug-likeness (QED) is 0.804. The molecule has 0 aliphatic carbocycles. The molecule has 3 nitrogen and oxygen atoms in total. The summed E-state index contributed by atoms with van der Waals surface area (Å²) in [6.07, 6.45) is 6.21. The Morgan fingerprint density at radius 3 is 2.94 bits per heavy atom. The van der Waals surface area contributed by atoms with Crippen molar-refractivity contribution in [3.8, 4) is 0 Å². The highest BCUT2D eigenvalue weighted by atomic mass is 32.1. The van der Waals surface area contributed by atoms with Gasteiger partial charge in [0.25, 0.3) is 0 Å². The first-order valence-corrected chi connectivity index (χ1v) is 7.57.